The fraction of sp³-hybridized carbons (Fsp3) is 0.704. The highest BCUT2D eigenvalue weighted by molar-refractivity contribution is 5.38. The molecule has 3 N–H and O–H groups in total. The van der Waals surface area contributed by atoms with Gasteiger partial charge in [-0.05, 0) is 91.6 Å². The maximum absolute atomic E-state index is 10.2. The molecule has 0 aromatic heterocycles. The molecule has 0 amide bonds. The molecular formula is C27H40O3. The Hall–Kier alpha value is -1.16. The third-order valence-corrected chi connectivity index (χ3v) is 8.65. The van der Waals surface area contributed by atoms with E-state index >= 15 is 0 Å². The first-order valence-electron chi connectivity index (χ1n) is 12.1. The molecule has 0 aliphatic heterocycles. The molecule has 0 aromatic rings. The Kier molecular flexibility index (Phi) is 6.44. The number of hydrogen-bond acceptors (Lipinski definition) is 3. The van der Waals surface area contributed by atoms with Crippen molar-refractivity contribution >= 4 is 0 Å². The van der Waals surface area contributed by atoms with E-state index in [0.717, 1.165) is 17.6 Å². The van der Waals surface area contributed by atoms with E-state index in [0.29, 0.717) is 41.9 Å². The van der Waals surface area contributed by atoms with Crippen LogP contribution in [0.15, 0.2) is 47.6 Å². The minimum absolute atomic E-state index is 0.250. The molecule has 166 valence electrons. The first kappa shape index (κ1) is 22.0. The van der Waals surface area contributed by atoms with Crippen molar-refractivity contribution in [2.45, 2.75) is 89.9 Å². The third-order valence-electron chi connectivity index (χ3n) is 8.65. The van der Waals surface area contributed by atoms with Crippen molar-refractivity contribution < 1.29 is 15.3 Å². The molecule has 4 aliphatic carbocycles. The number of hydrogen-bond donors (Lipinski definition) is 3. The second-order valence-electron chi connectivity index (χ2n) is 10.7. The van der Waals surface area contributed by atoms with E-state index in [4.69, 9.17) is 0 Å². The third kappa shape index (κ3) is 4.40. The van der Waals surface area contributed by atoms with Gasteiger partial charge in [0.25, 0.3) is 0 Å². The summed E-state index contributed by atoms with van der Waals surface area (Å²) in [6, 6.07) is 0. The summed E-state index contributed by atoms with van der Waals surface area (Å²) in [5.74, 6) is 2.28. The molecule has 3 nitrogen and oxygen atoms in total. The van der Waals surface area contributed by atoms with Gasteiger partial charge in [0.2, 0.25) is 0 Å². The van der Waals surface area contributed by atoms with Crippen LogP contribution in [-0.2, 0) is 0 Å². The highest BCUT2D eigenvalue weighted by Crippen LogP contribution is 2.59. The topological polar surface area (TPSA) is 60.7 Å². The summed E-state index contributed by atoms with van der Waals surface area (Å²) < 4.78 is 0. The lowest BCUT2D eigenvalue weighted by atomic mass is 9.61. The standard InChI is InChI=1S/C27H40O3/c1-17(6-13-25(29)20-8-9-20)23-11-12-24-19(5-4-14-27(23,24)3)7-10-21-15-22(28)16-26(30)18(21)2/h6-7,10,13,17,20,22-26,28-30H,2,4-5,8-9,11-12,14-16H2,1,3H3/t17-,22-,23-,24+,25-,26+,27-/m1/s1. The smallest absolute Gasteiger partial charge is 0.0811 e. The zero-order chi connectivity index (χ0) is 21.5. The van der Waals surface area contributed by atoms with Crippen molar-refractivity contribution in [1.82, 2.24) is 0 Å². The lowest BCUT2D eigenvalue weighted by Crippen LogP contribution is -2.35. The molecular weight excluding hydrogens is 372 g/mol. The zero-order valence-electron chi connectivity index (χ0n) is 18.8. The zero-order valence-corrected chi connectivity index (χ0v) is 18.8. The molecule has 0 aromatic carbocycles. The molecule has 7 atom stereocenters. The van der Waals surface area contributed by atoms with Crippen LogP contribution in [0, 0.1) is 29.1 Å². The largest absolute Gasteiger partial charge is 0.393 e. The molecule has 4 saturated carbocycles. The monoisotopic (exact) mass is 412 g/mol. The van der Waals surface area contributed by atoms with E-state index in [2.05, 4.69) is 44.7 Å². The molecule has 0 heterocycles. The Morgan fingerprint density at radius 3 is 2.60 bits per heavy atom. The van der Waals surface area contributed by atoms with E-state index < -0.39 is 12.2 Å². The van der Waals surface area contributed by atoms with Crippen molar-refractivity contribution in [3.05, 3.63) is 47.6 Å². The van der Waals surface area contributed by atoms with Gasteiger partial charge in [0.05, 0.1) is 18.3 Å². The van der Waals surface area contributed by atoms with Crippen LogP contribution in [0.2, 0.25) is 0 Å². The van der Waals surface area contributed by atoms with Gasteiger partial charge >= 0.3 is 0 Å². The first-order chi connectivity index (χ1) is 14.3. The summed E-state index contributed by atoms with van der Waals surface area (Å²) in [5.41, 5.74) is 3.63. The van der Waals surface area contributed by atoms with Crippen LogP contribution in [-0.4, -0.2) is 33.6 Å². The Bertz CT molecular complexity index is 743. The van der Waals surface area contributed by atoms with Crippen LogP contribution in [0.5, 0.6) is 0 Å². The Labute approximate surface area is 182 Å². The Morgan fingerprint density at radius 1 is 1.10 bits per heavy atom. The lowest BCUT2D eigenvalue weighted by Gasteiger charge is -2.44. The van der Waals surface area contributed by atoms with Crippen molar-refractivity contribution in [1.29, 1.82) is 0 Å². The maximum atomic E-state index is 10.2. The van der Waals surface area contributed by atoms with Crippen molar-refractivity contribution in [2.24, 2.45) is 29.1 Å². The van der Waals surface area contributed by atoms with Crippen LogP contribution >= 0.6 is 0 Å². The van der Waals surface area contributed by atoms with Crippen LogP contribution in [0.3, 0.4) is 0 Å². The molecule has 4 rings (SSSR count). The van der Waals surface area contributed by atoms with Crippen LogP contribution < -0.4 is 0 Å². The fourth-order valence-corrected chi connectivity index (χ4v) is 6.63. The second-order valence-corrected chi connectivity index (χ2v) is 10.7. The van der Waals surface area contributed by atoms with Gasteiger partial charge in [0.1, 0.15) is 0 Å². The summed E-state index contributed by atoms with van der Waals surface area (Å²) in [4.78, 5) is 0. The summed E-state index contributed by atoms with van der Waals surface area (Å²) in [6.45, 7) is 8.88. The molecule has 3 heteroatoms. The molecule has 0 unspecified atom stereocenters. The number of aliphatic hydroxyl groups excluding tert-OH is 3. The SMILES string of the molecule is C=C1C(=CC=C2CCC[C@]3(C)[C@@H]([C@H](C)C=C[C@@H](O)C4CC4)CC[C@@H]23)C[C@@H](O)C[C@@H]1O. The molecule has 0 bridgehead atoms. The molecule has 4 aliphatic rings. The van der Waals surface area contributed by atoms with Crippen molar-refractivity contribution in [2.75, 3.05) is 0 Å². The summed E-state index contributed by atoms with van der Waals surface area (Å²) >= 11 is 0. The fourth-order valence-electron chi connectivity index (χ4n) is 6.63. The van der Waals surface area contributed by atoms with E-state index in [-0.39, 0.29) is 6.10 Å². The summed E-state index contributed by atoms with van der Waals surface area (Å²) in [6.07, 6.45) is 16.9. The minimum atomic E-state index is -0.621. The second kappa shape index (κ2) is 8.76. The Balaban J connectivity index is 1.48. The van der Waals surface area contributed by atoms with Gasteiger partial charge in [-0.1, -0.05) is 50.3 Å². The van der Waals surface area contributed by atoms with Gasteiger partial charge in [0, 0.05) is 6.42 Å². The van der Waals surface area contributed by atoms with Crippen molar-refractivity contribution in [3.8, 4) is 0 Å². The molecule has 4 fully saturated rings. The molecule has 30 heavy (non-hydrogen) atoms. The van der Waals surface area contributed by atoms with Gasteiger partial charge in [0.15, 0.2) is 0 Å². The van der Waals surface area contributed by atoms with Crippen molar-refractivity contribution in [3.63, 3.8) is 0 Å². The van der Waals surface area contributed by atoms with Gasteiger partial charge in [-0.25, -0.2) is 0 Å². The summed E-state index contributed by atoms with van der Waals surface area (Å²) in [5, 5.41) is 30.4. The maximum Gasteiger partial charge on any atom is 0.0811 e. The quantitative estimate of drug-likeness (QED) is 0.551. The highest BCUT2D eigenvalue weighted by Gasteiger charge is 2.50. The molecule has 0 radical (unpaired) electrons. The van der Waals surface area contributed by atoms with E-state index in [1.54, 1.807) is 0 Å². The normalized spacial score (nSPS) is 42.1. The van der Waals surface area contributed by atoms with E-state index in [1.807, 2.05) is 0 Å². The number of aliphatic hydroxyl groups is 3. The molecule has 0 spiro atoms. The predicted molar refractivity (Wildman–Crippen MR) is 122 cm³/mol. The van der Waals surface area contributed by atoms with Crippen LogP contribution in [0.4, 0.5) is 0 Å². The van der Waals surface area contributed by atoms with Gasteiger partial charge < -0.3 is 15.3 Å². The number of fused-ring (bicyclic) bond motifs is 1. The summed E-state index contributed by atoms with van der Waals surface area (Å²) in [7, 11) is 0. The number of allylic oxidation sites excluding steroid dienone is 4. The first-order valence-corrected chi connectivity index (χ1v) is 12.1. The van der Waals surface area contributed by atoms with Gasteiger partial charge in [-0.15, -0.1) is 0 Å². The van der Waals surface area contributed by atoms with E-state index in [9.17, 15) is 15.3 Å². The minimum Gasteiger partial charge on any atom is -0.393 e. The predicted octanol–water partition coefficient (Wildman–Crippen LogP) is 5.09. The Morgan fingerprint density at radius 2 is 1.87 bits per heavy atom. The average Bonchev–Trinajstić information content (AvgIpc) is 3.49. The highest BCUT2D eigenvalue weighted by atomic mass is 16.3. The van der Waals surface area contributed by atoms with Crippen LogP contribution in [0.1, 0.15) is 71.6 Å². The van der Waals surface area contributed by atoms with Crippen LogP contribution in [0.25, 0.3) is 0 Å². The van der Waals surface area contributed by atoms with Gasteiger partial charge in [-0.2, -0.15) is 0 Å². The number of rotatable bonds is 5. The average molecular weight is 413 g/mol. The van der Waals surface area contributed by atoms with E-state index in [1.165, 1.54) is 44.1 Å². The lowest BCUT2D eigenvalue weighted by molar-refractivity contribution is 0.0862. The molecule has 0 saturated heterocycles. The van der Waals surface area contributed by atoms with Gasteiger partial charge in [-0.3, -0.25) is 0 Å².